The number of piperazine rings is 1. The van der Waals surface area contributed by atoms with Crippen molar-refractivity contribution in [2.45, 2.75) is 25.6 Å². The van der Waals surface area contributed by atoms with E-state index in [1.165, 1.54) is 0 Å². The van der Waals surface area contributed by atoms with Crippen LogP contribution >= 0.6 is 0 Å². The normalized spacial score (nSPS) is 26.5. The van der Waals surface area contributed by atoms with Gasteiger partial charge in [0.15, 0.2) is 0 Å². The molecule has 1 amide bonds. The van der Waals surface area contributed by atoms with Crippen molar-refractivity contribution < 1.29 is 14.3 Å². The summed E-state index contributed by atoms with van der Waals surface area (Å²) in [5, 5.41) is 9.25. The highest BCUT2D eigenvalue weighted by molar-refractivity contribution is 5.83. The summed E-state index contributed by atoms with van der Waals surface area (Å²) in [6, 6.07) is 3.36. The van der Waals surface area contributed by atoms with Gasteiger partial charge in [-0.1, -0.05) is 0 Å². The summed E-state index contributed by atoms with van der Waals surface area (Å²) in [6.07, 6.45) is 1.60. The maximum absolute atomic E-state index is 12.2. The van der Waals surface area contributed by atoms with Crippen LogP contribution in [-0.2, 0) is 11.3 Å². The standard InChI is InChI=1S/C12H18N2O3/c1-9-6-13(2)11(8-15)12(16)14(9)7-10-4-3-5-17-10/h3-5,9,11,15H,6-8H2,1-2H3. The highest BCUT2D eigenvalue weighted by atomic mass is 16.3. The smallest absolute Gasteiger partial charge is 0.242 e. The molecule has 94 valence electrons. The Morgan fingerprint density at radius 1 is 1.59 bits per heavy atom. The maximum Gasteiger partial charge on any atom is 0.242 e. The monoisotopic (exact) mass is 238 g/mol. The molecule has 0 radical (unpaired) electrons. The second-order valence-corrected chi connectivity index (χ2v) is 4.53. The van der Waals surface area contributed by atoms with Crippen molar-refractivity contribution in [1.82, 2.24) is 9.80 Å². The molecule has 0 aromatic carbocycles. The number of likely N-dealkylation sites (N-methyl/N-ethyl adjacent to an activating group) is 1. The molecule has 1 N–H and O–H groups in total. The van der Waals surface area contributed by atoms with Crippen molar-refractivity contribution in [2.75, 3.05) is 20.2 Å². The fourth-order valence-electron chi connectivity index (χ4n) is 2.26. The summed E-state index contributed by atoms with van der Waals surface area (Å²) in [4.78, 5) is 15.8. The molecular weight excluding hydrogens is 220 g/mol. The molecule has 1 aliphatic heterocycles. The van der Waals surface area contributed by atoms with Crippen molar-refractivity contribution in [2.24, 2.45) is 0 Å². The Morgan fingerprint density at radius 3 is 2.94 bits per heavy atom. The van der Waals surface area contributed by atoms with Gasteiger partial charge in [0.2, 0.25) is 5.91 Å². The zero-order chi connectivity index (χ0) is 12.4. The number of hydrogen-bond donors (Lipinski definition) is 1. The molecule has 1 fully saturated rings. The number of amides is 1. The molecule has 2 rings (SSSR count). The molecule has 0 aliphatic carbocycles. The Bertz CT molecular complexity index is 377. The van der Waals surface area contributed by atoms with Gasteiger partial charge < -0.3 is 14.4 Å². The molecule has 2 heterocycles. The summed E-state index contributed by atoms with van der Waals surface area (Å²) >= 11 is 0. The number of aliphatic hydroxyl groups excluding tert-OH is 1. The van der Waals surface area contributed by atoms with Gasteiger partial charge in [0.05, 0.1) is 19.4 Å². The number of rotatable bonds is 3. The Kier molecular flexibility index (Phi) is 3.49. The van der Waals surface area contributed by atoms with Crippen molar-refractivity contribution in [3.05, 3.63) is 24.2 Å². The van der Waals surface area contributed by atoms with Gasteiger partial charge in [-0.05, 0) is 26.1 Å². The first-order chi connectivity index (χ1) is 8.13. The van der Waals surface area contributed by atoms with Gasteiger partial charge in [-0.2, -0.15) is 0 Å². The Labute approximate surface area is 101 Å². The molecule has 5 heteroatoms. The molecule has 5 nitrogen and oxygen atoms in total. The third kappa shape index (κ3) is 2.35. The van der Waals surface area contributed by atoms with Crippen LogP contribution in [0.4, 0.5) is 0 Å². The van der Waals surface area contributed by atoms with Crippen LogP contribution in [0.1, 0.15) is 12.7 Å². The summed E-state index contributed by atoms with van der Waals surface area (Å²) in [6.45, 7) is 3.09. The number of hydrogen-bond acceptors (Lipinski definition) is 4. The number of carbonyl (C=O) groups is 1. The fraction of sp³-hybridized carbons (Fsp3) is 0.583. The average Bonchev–Trinajstić information content (AvgIpc) is 2.77. The lowest BCUT2D eigenvalue weighted by Gasteiger charge is -2.42. The van der Waals surface area contributed by atoms with E-state index in [0.29, 0.717) is 6.54 Å². The second kappa shape index (κ2) is 4.89. The van der Waals surface area contributed by atoms with Crippen LogP contribution in [0.5, 0.6) is 0 Å². The third-order valence-electron chi connectivity index (χ3n) is 3.26. The molecule has 0 bridgehead atoms. The minimum Gasteiger partial charge on any atom is -0.467 e. The zero-order valence-corrected chi connectivity index (χ0v) is 10.2. The quantitative estimate of drug-likeness (QED) is 0.823. The SMILES string of the molecule is CC1CN(C)C(CO)C(=O)N1Cc1ccco1. The van der Waals surface area contributed by atoms with Crippen LogP contribution < -0.4 is 0 Å². The molecule has 17 heavy (non-hydrogen) atoms. The highest BCUT2D eigenvalue weighted by Crippen LogP contribution is 2.18. The predicted octanol–water partition coefficient (Wildman–Crippen LogP) is 0.303. The Morgan fingerprint density at radius 2 is 2.35 bits per heavy atom. The topological polar surface area (TPSA) is 56.9 Å². The van der Waals surface area contributed by atoms with Crippen molar-refractivity contribution in [1.29, 1.82) is 0 Å². The van der Waals surface area contributed by atoms with E-state index in [-0.39, 0.29) is 18.6 Å². The van der Waals surface area contributed by atoms with Crippen molar-refractivity contribution in [3.8, 4) is 0 Å². The molecular formula is C12H18N2O3. The number of nitrogens with zero attached hydrogens (tertiary/aromatic N) is 2. The number of carbonyl (C=O) groups excluding carboxylic acids is 1. The second-order valence-electron chi connectivity index (χ2n) is 4.53. The molecule has 0 saturated carbocycles. The van der Waals surface area contributed by atoms with Crippen LogP contribution in [0.15, 0.2) is 22.8 Å². The van der Waals surface area contributed by atoms with Crippen LogP contribution in [0.3, 0.4) is 0 Å². The van der Waals surface area contributed by atoms with E-state index in [1.807, 2.05) is 31.0 Å². The minimum absolute atomic E-state index is 0.0369. The largest absolute Gasteiger partial charge is 0.467 e. The van der Waals surface area contributed by atoms with Crippen molar-refractivity contribution in [3.63, 3.8) is 0 Å². The lowest BCUT2D eigenvalue weighted by Crippen LogP contribution is -2.60. The minimum atomic E-state index is -0.429. The van der Waals surface area contributed by atoms with Gasteiger partial charge in [0.25, 0.3) is 0 Å². The lowest BCUT2D eigenvalue weighted by atomic mass is 10.1. The van der Waals surface area contributed by atoms with Gasteiger partial charge in [-0.15, -0.1) is 0 Å². The maximum atomic E-state index is 12.2. The molecule has 1 aromatic rings. The molecule has 2 atom stereocenters. The zero-order valence-electron chi connectivity index (χ0n) is 10.2. The van der Waals surface area contributed by atoms with Gasteiger partial charge in [-0.25, -0.2) is 0 Å². The van der Waals surface area contributed by atoms with Crippen molar-refractivity contribution >= 4 is 5.91 Å². The van der Waals surface area contributed by atoms with Gasteiger partial charge in [0.1, 0.15) is 11.8 Å². The van der Waals surface area contributed by atoms with E-state index >= 15 is 0 Å². The predicted molar refractivity (Wildman–Crippen MR) is 62.2 cm³/mol. The van der Waals surface area contributed by atoms with E-state index in [9.17, 15) is 9.90 Å². The first-order valence-corrected chi connectivity index (χ1v) is 5.77. The molecule has 1 aliphatic rings. The first kappa shape index (κ1) is 12.1. The third-order valence-corrected chi connectivity index (χ3v) is 3.26. The highest BCUT2D eigenvalue weighted by Gasteiger charge is 2.36. The van der Waals surface area contributed by atoms with E-state index in [0.717, 1.165) is 12.3 Å². The van der Waals surface area contributed by atoms with Crippen LogP contribution in [0.2, 0.25) is 0 Å². The fourth-order valence-corrected chi connectivity index (χ4v) is 2.26. The summed E-state index contributed by atoms with van der Waals surface area (Å²) < 4.78 is 5.26. The number of aliphatic hydroxyl groups is 1. The van der Waals surface area contributed by atoms with Gasteiger partial charge in [0, 0.05) is 12.6 Å². The molecule has 0 spiro atoms. The average molecular weight is 238 g/mol. The number of furan rings is 1. The summed E-state index contributed by atoms with van der Waals surface area (Å²) in [5.74, 6) is 0.733. The van der Waals surface area contributed by atoms with Crippen LogP contribution in [-0.4, -0.2) is 53.1 Å². The van der Waals surface area contributed by atoms with E-state index in [2.05, 4.69) is 0 Å². The first-order valence-electron chi connectivity index (χ1n) is 5.77. The Hall–Kier alpha value is -1.33. The summed E-state index contributed by atoms with van der Waals surface area (Å²) in [7, 11) is 1.86. The van der Waals surface area contributed by atoms with E-state index in [1.54, 1.807) is 11.2 Å². The van der Waals surface area contributed by atoms with Gasteiger partial charge in [-0.3, -0.25) is 9.69 Å². The van der Waals surface area contributed by atoms with Crippen LogP contribution in [0.25, 0.3) is 0 Å². The molecule has 1 aromatic heterocycles. The molecule has 1 saturated heterocycles. The van der Waals surface area contributed by atoms with Crippen LogP contribution in [0, 0.1) is 0 Å². The summed E-state index contributed by atoms with van der Waals surface area (Å²) in [5.41, 5.74) is 0. The van der Waals surface area contributed by atoms with E-state index < -0.39 is 6.04 Å². The molecule has 2 unspecified atom stereocenters. The Balaban J connectivity index is 2.12. The van der Waals surface area contributed by atoms with E-state index in [4.69, 9.17) is 4.42 Å². The van der Waals surface area contributed by atoms with Gasteiger partial charge >= 0.3 is 0 Å². The lowest BCUT2D eigenvalue weighted by molar-refractivity contribution is -0.147.